The van der Waals surface area contributed by atoms with Gasteiger partial charge in [0, 0.05) is 46.6 Å². The zero-order valence-corrected chi connectivity index (χ0v) is 19.6. The summed E-state index contributed by atoms with van der Waals surface area (Å²) in [5.74, 6) is -0.115. The van der Waals surface area contributed by atoms with Crippen LogP contribution < -0.4 is 10.2 Å². The number of nitrogens with zero attached hydrogens (tertiary/aromatic N) is 2. The van der Waals surface area contributed by atoms with Gasteiger partial charge in [0.25, 0.3) is 11.8 Å². The Morgan fingerprint density at radius 3 is 2.23 bits per heavy atom. The molecule has 0 atom stereocenters. The molecule has 1 N–H and O–H groups in total. The maximum absolute atomic E-state index is 12.6. The lowest BCUT2D eigenvalue weighted by molar-refractivity contribution is 0.0746. The van der Waals surface area contributed by atoms with E-state index in [1.165, 1.54) is 0 Å². The molecule has 5 nitrogen and oxygen atoms in total. The Hall–Kier alpha value is -2.58. The van der Waals surface area contributed by atoms with E-state index in [-0.39, 0.29) is 11.8 Å². The highest BCUT2D eigenvalue weighted by molar-refractivity contribution is 14.1. The van der Waals surface area contributed by atoms with Gasteiger partial charge in [-0.15, -0.1) is 0 Å². The molecule has 0 bridgehead atoms. The zero-order chi connectivity index (χ0) is 21.8. The smallest absolute Gasteiger partial charge is 0.255 e. The average molecular weight is 546 g/mol. The Morgan fingerprint density at radius 2 is 1.55 bits per heavy atom. The van der Waals surface area contributed by atoms with Crippen molar-refractivity contribution in [2.24, 2.45) is 0 Å². The second kappa shape index (κ2) is 9.70. The van der Waals surface area contributed by atoms with Crippen LogP contribution in [0.1, 0.15) is 20.7 Å². The first kappa shape index (κ1) is 21.6. The second-order valence-electron chi connectivity index (χ2n) is 7.28. The van der Waals surface area contributed by atoms with Crippen molar-refractivity contribution in [3.05, 3.63) is 92.5 Å². The van der Waals surface area contributed by atoms with E-state index in [4.69, 9.17) is 11.6 Å². The Balaban J connectivity index is 1.39. The minimum atomic E-state index is -0.171. The van der Waals surface area contributed by atoms with Crippen LogP contribution in [0.5, 0.6) is 0 Å². The van der Waals surface area contributed by atoms with Crippen molar-refractivity contribution in [3.63, 3.8) is 0 Å². The molecular formula is C24H21ClIN3O2. The first-order valence-corrected chi connectivity index (χ1v) is 11.4. The first-order chi connectivity index (χ1) is 15.0. The van der Waals surface area contributed by atoms with Gasteiger partial charge in [-0.05, 0) is 71.1 Å². The number of piperazine rings is 1. The van der Waals surface area contributed by atoms with Crippen LogP contribution in [0.4, 0.5) is 11.4 Å². The van der Waals surface area contributed by atoms with Crippen molar-refractivity contribution in [1.29, 1.82) is 0 Å². The fourth-order valence-corrected chi connectivity index (χ4v) is 4.43. The van der Waals surface area contributed by atoms with Gasteiger partial charge in [0.1, 0.15) is 0 Å². The summed E-state index contributed by atoms with van der Waals surface area (Å²) in [6, 6.07) is 22.3. The standard InChI is InChI=1S/C24H21ClIN3O2/c25-21-16-20(27-23(30)18-7-4-8-19(26)15-18)9-10-22(21)28-11-13-29(14-12-28)24(31)17-5-2-1-3-6-17/h1-10,15-16H,11-14H2,(H,27,30). The lowest BCUT2D eigenvalue weighted by Crippen LogP contribution is -2.48. The van der Waals surface area contributed by atoms with Crippen molar-refractivity contribution in [3.8, 4) is 0 Å². The topological polar surface area (TPSA) is 52.7 Å². The monoisotopic (exact) mass is 545 g/mol. The molecule has 31 heavy (non-hydrogen) atoms. The number of halogens is 2. The Labute approximate surface area is 200 Å². The van der Waals surface area contributed by atoms with Gasteiger partial charge in [-0.3, -0.25) is 9.59 Å². The van der Waals surface area contributed by atoms with E-state index in [0.29, 0.717) is 48.0 Å². The van der Waals surface area contributed by atoms with Crippen molar-refractivity contribution in [2.75, 3.05) is 36.4 Å². The molecule has 0 saturated carbocycles. The molecule has 0 aromatic heterocycles. The van der Waals surface area contributed by atoms with Crippen molar-refractivity contribution >= 4 is 57.4 Å². The molecule has 1 saturated heterocycles. The van der Waals surface area contributed by atoms with E-state index in [0.717, 1.165) is 9.26 Å². The maximum atomic E-state index is 12.6. The van der Waals surface area contributed by atoms with Crippen LogP contribution in [0.25, 0.3) is 0 Å². The number of anilines is 2. The van der Waals surface area contributed by atoms with Gasteiger partial charge in [-0.1, -0.05) is 35.9 Å². The summed E-state index contributed by atoms with van der Waals surface area (Å²) >= 11 is 8.72. The van der Waals surface area contributed by atoms with Crippen LogP contribution in [0.2, 0.25) is 5.02 Å². The van der Waals surface area contributed by atoms with Crippen LogP contribution in [-0.2, 0) is 0 Å². The molecule has 0 radical (unpaired) electrons. The van der Waals surface area contributed by atoms with Gasteiger partial charge in [-0.25, -0.2) is 0 Å². The summed E-state index contributed by atoms with van der Waals surface area (Å²) in [4.78, 5) is 29.2. The highest BCUT2D eigenvalue weighted by Gasteiger charge is 2.23. The number of carbonyl (C=O) groups is 2. The molecule has 3 aromatic rings. The Bertz CT molecular complexity index is 1100. The van der Waals surface area contributed by atoms with Crippen LogP contribution >= 0.6 is 34.2 Å². The van der Waals surface area contributed by atoms with E-state index >= 15 is 0 Å². The number of rotatable bonds is 4. The predicted octanol–water partition coefficient (Wildman–Crippen LogP) is 5.16. The van der Waals surface area contributed by atoms with Gasteiger partial charge in [0.15, 0.2) is 0 Å². The van der Waals surface area contributed by atoms with E-state index in [9.17, 15) is 9.59 Å². The molecule has 1 heterocycles. The van der Waals surface area contributed by atoms with Crippen molar-refractivity contribution in [1.82, 2.24) is 4.90 Å². The number of amides is 2. The number of carbonyl (C=O) groups excluding carboxylic acids is 2. The fourth-order valence-electron chi connectivity index (χ4n) is 3.59. The summed E-state index contributed by atoms with van der Waals surface area (Å²) < 4.78 is 1.00. The van der Waals surface area contributed by atoms with Gasteiger partial charge in [-0.2, -0.15) is 0 Å². The molecule has 2 amide bonds. The van der Waals surface area contributed by atoms with Crippen molar-refractivity contribution < 1.29 is 9.59 Å². The molecule has 7 heteroatoms. The normalized spacial score (nSPS) is 13.7. The number of nitrogens with one attached hydrogen (secondary N) is 1. The first-order valence-electron chi connectivity index (χ1n) is 9.97. The lowest BCUT2D eigenvalue weighted by Gasteiger charge is -2.36. The van der Waals surface area contributed by atoms with Gasteiger partial charge >= 0.3 is 0 Å². The lowest BCUT2D eigenvalue weighted by atomic mass is 10.1. The maximum Gasteiger partial charge on any atom is 0.255 e. The molecule has 1 aliphatic heterocycles. The molecule has 4 rings (SSSR count). The summed E-state index contributed by atoms with van der Waals surface area (Å²) in [5.41, 5.74) is 2.87. The molecule has 0 unspecified atom stereocenters. The third-order valence-corrected chi connectivity index (χ3v) is 6.19. The Kier molecular flexibility index (Phi) is 6.77. The van der Waals surface area contributed by atoms with E-state index < -0.39 is 0 Å². The molecule has 158 valence electrons. The number of hydrogen-bond donors (Lipinski definition) is 1. The van der Waals surface area contributed by atoms with E-state index in [2.05, 4.69) is 32.8 Å². The molecule has 1 aliphatic rings. The second-order valence-corrected chi connectivity index (χ2v) is 8.93. The SMILES string of the molecule is O=C(Nc1ccc(N2CCN(C(=O)c3ccccc3)CC2)c(Cl)c1)c1cccc(I)c1. The van der Waals surface area contributed by atoms with E-state index in [1.54, 1.807) is 12.1 Å². The van der Waals surface area contributed by atoms with Gasteiger partial charge in [0.05, 0.1) is 10.7 Å². The summed E-state index contributed by atoms with van der Waals surface area (Å²) in [6.07, 6.45) is 0. The molecule has 1 fully saturated rings. The molecule has 3 aromatic carbocycles. The Morgan fingerprint density at radius 1 is 0.839 bits per heavy atom. The minimum absolute atomic E-state index is 0.0555. The highest BCUT2D eigenvalue weighted by atomic mass is 127. The van der Waals surface area contributed by atoms with Crippen LogP contribution in [0, 0.1) is 3.57 Å². The number of benzene rings is 3. The minimum Gasteiger partial charge on any atom is -0.367 e. The van der Waals surface area contributed by atoms with Gasteiger partial charge < -0.3 is 15.1 Å². The highest BCUT2D eigenvalue weighted by Crippen LogP contribution is 2.30. The van der Waals surface area contributed by atoms with Gasteiger partial charge in [0.2, 0.25) is 0 Å². The third-order valence-electron chi connectivity index (χ3n) is 5.22. The molecule has 0 aliphatic carbocycles. The average Bonchev–Trinajstić information content (AvgIpc) is 2.79. The summed E-state index contributed by atoms with van der Waals surface area (Å²) in [6.45, 7) is 2.67. The summed E-state index contributed by atoms with van der Waals surface area (Å²) in [7, 11) is 0. The van der Waals surface area contributed by atoms with Crippen LogP contribution in [0.15, 0.2) is 72.8 Å². The zero-order valence-electron chi connectivity index (χ0n) is 16.7. The van der Waals surface area contributed by atoms with E-state index in [1.807, 2.05) is 65.6 Å². The third kappa shape index (κ3) is 5.19. The largest absolute Gasteiger partial charge is 0.367 e. The summed E-state index contributed by atoms with van der Waals surface area (Å²) in [5, 5.41) is 3.47. The van der Waals surface area contributed by atoms with Crippen molar-refractivity contribution in [2.45, 2.75) is 0 Å². The van der Waals surface area contributed by atoms with Crippen LogP contribution in [0.3, 0.4) is 0 Å². The fraction of sp³-hybridized carbons (Fsp3) is 0.167. The molecule has 0 spiro atoms. The quantitative estimate of drug-likeness (QED) is 0.461. The number of hydrogen-bond acceptors (Lipinski definition) is 3. The molecular weight excluding hydrogens is 525 g/mol. The predicted molar refractivity (Wildman–Crippen MR) is 133 cm³/mol. The van der Waals surface area contributed by atoms with Crippen LogP contribution in [-0.4, -0.2) is 42.9 Å².